The third-order valence-electron chi connectivity index (χ3n) is 4.81. The first kappa shape index (κ1) is 20.9. The minimum atomic E-state index is 0.0211. The molecule has 0 radical (unpaired) electrons. The highest BCUT2D eigenvalue weighted by Gasteiger charge is 2.17. The molecule has 1 amide bonds. The number of hydrogen-bond donors (Lipinski definition) is 0. The van der Waals surface area contributed by atoms with Crippen molar-refractivity contribution in [1.82, 2.24) is 15.1 Å². The van der Waals surface area contributed by atoms with Crippen LogP contribution in [0.4, 0.5) is 0 Å². The number of thioether (sulfide) groups is 1. The SMILES string of the molecule is Cc1ccc(-c2nnc(SCC(=O)N(Cc3ccccc3)Cc3ccccc3)o2)cc1. The minimum Gasteiger partial charge on any atom is -0.411 e. The molecule has 0 fully saturated rings. The largest absolute Gasteiger partial charge is 0.411 e. The summed E-state index contributed by atoms with van der Waals surface area (Å²) in [5.74, 6) is 0.711. The van der Waals surface area contributed by atoms with Gasteiger partial charge in [0.15, 0.2) is 0 Å². The van der Waals surface area contributed by atoms with E-state index in [1.54, 1.807) is 0 Å². The van der Waals surface area contributed by atoms with Crippen LogP contribution in [0.5, 0.6) is 0 Å². The quantitative estimate of drug-likeness (QED) is 0.353. The van der Waals surface area contributed by atoms with Crippen molar-refractivity contribution in [2.45, 2.75) is 25.2 Å². The lowest BCUT2D eigenvalue weighted by atomic mass is 10.1. The summed E-state index contributed by atoms with van der Waals surface area (Å²) in [7, 11) is 0. The zero-order chi connectivity index (χ0) is 21.5. The number of nitrogens with zero attached hydrogens (tertiary/aromatic N) is 3. The molecular weight excluding hydrogens is 406 g/mol. The molecule has 31 heavy (non-hydrogen) atoms. The highest BCUT2D eigenvalue weighted by molar-refractivity contribution is 7.99. The molecule has 4 rings (SSSR count). The van der Waals surface area contributed by atoms with E-state index in [1.165, 1.54) is 17.3 Å². The third-order valence-corrected chi connectivity index (χ3v) is 5.61. The van der Waals surface area contributed by atoms with Gasteiger partial charge in [0.1, 0.15) is 0 Å². The maximum Gasteiger partial charge on any atom is 0.277 e. The van der Waals surface area contributed by atoms with Crippen molar-refractivity contribution >= 4 is 17.7 Å². The van der Waals surface area contributed by atoms with Gasteiger partial charge in [0.05, 0.1) is 5.75 Å². The smallest absolute Gasteiger partial charge is 0.277 e. The van der Waals surface area contributed by atoms with Gasteiger partial charge in [-0.25, -0.2) is 0 Å². The van der Waals surface area contributed by atoms with Gasteiger partial charge in [0.2, 0.25) is 11.8 Å². The molecule has 0 aliphatic rings. The summed E-state index contributed by atoms with van der Waals surface area (Å²) in [6.45, 7) is 3.13. The van der Waals surface area contributed by atoms with Crippen molar-refractivity contribution in [3.05, 3.63) is 102 Å². The number of hydrogen-bond acceptors (Lipinski definition) is 5. The van der Waals surface area contributed by atoms with E-state index < -0.39 is 0 Å². The summed E-state index contributed by atoms with van der Waals surface area (Å²) >= 11 is 1.27. The fraction of sp³-hybridized carbons (Fsp3) is 0.160. The number of carbonyl (C=O) groups excluding carboxylic acids is 1. The Morgan fingerprint density at radius 1 is 0.839 bits per heavy atom. The van der Waals surface area contributed by atoms with Crippen molar-refractivity contribution in [3.8, 4) is 11.5 Å². The van der Waals surface area contributed by atoms with Crippen LogP contribution in [-0.4, -0.2) is 26.8 Å². The Hall–Kier alpha value is -3.38. The monoisotopic (exact) mass is 429 g/mol. The van der Waals surface area contributed by atoms with Crippen molar-refractivity contribution in [1.29, 1.82) is 0 Å². The zero-order valence-electron chi connectivity index (χ0n) is 17.3. The van der Waals surface area contributed by atoms with Crippen LogP contribution in [0.25, 0.3) is 11.5 Å². The molecule has 0 saturated heterocycles. The Kier molecular flexibility index (Phi) is 6.79. The van der Waals surface area contributed by atoms with Gasteiger partial charge in [-0.05, 0) is 30.2 Å². The maximum atomic E-state index is 13.1. The molecule has 156 valence electrons. The van der Waals surface area contributed by atoms with Gasteiger partial charge in [0, 0.05) is 18.7 Å². The Morgan fingerprint density at radius 3 is 2.00 bits per heavy atom. The van der Waals surface area contributed by atoms with E-state index in [2.05, 4.69) is 10.2 Å². The third kappa shape index (κ3) is 5.83. The topological polar surface area (TPSA) is 59.2 Å². The number of amides is 1. The second-order valence-corrected chi connectivity index (χ2v) is 8.18. The van der Waals surface area contributed by atoms with E-state index in [-0.39, 0.29) is 11.7 Å². The summed E-state index contributed by atoms with van der Waals surface area (Å²) in [6.07, 6.45) is 0. The van der Waals surface area contributed by atoms with Gasteiger partial charge in [-0.15, -0.1) is 10.2 Å². The lowest BCUT2D eigenvalue weighted by Gasteiger charge is -2.23. The average Bonchev–Trinajstić information content (AvgIpc) is 3.28. The second-order valence-electron chi connectivity index (χ2n) is 7.25. The van der Waals surface area contributed by atoms with Gasteiger partial charge in [-0.1, -0.05) is 90.1 Å². The molecule has 6 heteroatoms. The predicted octanol–water partition coefficient (Wildman–Crippen LogP) is 5.37. The molecule has 3 aromatic carbocycles. The molecule has 0 bridgehead atoms. The number of carbonyl (C=O) groups is 1. The van der Waals surface area contributed by atoms with Crippen LogP contribution in [-0.2, 0) is 17.9 Å². The first-order valence-corrected chi connectivity index (χ1v) is 11.0. The lowest BCUT2D eigenvalue weighted by molar-refractivity contribution is -0.129. The van der Waals surface area contributed by atoms with Crippen LogP contribution >= 0.6 is 11.8 Å². The van der Waals surface area contributed by atoms with E-state index in [0.717, 1.165) is 16.7 Å². The van der Waals surface area contributed by atoms with Gasteiger partial charge in [-0.3, -0.25) is 4.79 Å². The van der Waals surface area contributed by atoms with E-state index >= 15 is 0 Å². The lowest BCUT2D eigenvalue weighted by Crippen LogP contribution is -2.31. The van der Waals surface area contributed by atoms with E-state index in [9.17, 15) is 4.79 Å². The molecule has 0 N–H and O–H groups in total. The first-order valence-electron chi connectivity index (χ1n) is 10.1. The molecular formula is C25H23N3O2S. The summed E-state index contributed by atoms with van der Waals surface area (Å²) in [4.78, 5) is 14.9. The van der Waals surface area contributed by atoms with Crippen LogP contribution in [0.3, 0.4) is 0 Å². The van der Waals surface area contributed by atoms with E-state index in [1.807, 2.05) is 96.8 Å². The van der Waals surface area contributed by atoms with Crippen molar-refractivity contribution in [2.75, 3.05) is 5.75 Å². The molecule has 0 atom stereocenters. The Bertz CT molecular complexity index is 1070. The zero-order valence-corrected chi connectivity index (χ0v) is 18.1. The predicted molar refractivity (Wildman–Crippen MR) is 122 cm³/mol. The van der Waals surface area contributed by atoms with Crippen molar-refractivity contribution < 1.29 is 9.21 Å². The number of aromatic nitrogens is 2. The van der Waals surface area contributed by atoms with Crippen molar-refractivity contribution in [3.63, 3.8) is 0 Å². The Morgan fingerprint density at radius 2 is 1.42 bits per heavy atom. The van der Waals surface area contributed by atoms with Crippen LogP contribution in [0.2, 0.25) is 0 Å². The van der Waals surface area contributed by atoms with Gasteiger partial charge in [0.25, 0.3) is 5.22 Å². The van der Waals surface area contributed by atoms with Crippen molar-refractivity contribution in [2.24, 2.45) is 0 Å². The summed E-state index contributed by atoms with van der Waals surface area (Å²) in [6, 6.07) is 27.9. The molecule has 4 aromatic rings. The summed E-state index contributed by atoms with van der Waals surface area (Å²) in [5, 5.41) is 8.59. The highest BCUT2D eigenvalue weighted by atomic mass is 32.2. The van der Waals surface area contributed by atoms with E-state index in [4.69, 9.17) is 4.42 Å². The van der Waals surface area contributed by atoms with Crippen LogP contribution in [0.1, 0.15) is 16.7 Å². The molecule has 1 heterocycles. The molecule has 1 aromatic heterocycles. The normalized spacial score (nSPS) is 10.7. The number of benzene rings is 3. The molecule has 0 unspecified atom stereocenters. The van der Waals surface area contributed by atoms with Crippen LogP contribution in [0, 0.1) is 6.92 Å². The first-order chi connectivity index (χ1) is 15.2. The molecule has 5 nitrogen and oxygen atoms in total. The molecule has 0 aliphatic heterocycles. The average molecular weight is 430 g/mol. The second kappa shape index (κ2) is 10.1. The maximum absolute atomic E-state index is 13.1. The molecule has 0 spiro atoms. The fourth-order valence-corrected chi connectivity index (χ4v) is 3.80. The Balaban J connectivity index is 1.42. The van der Waals surface area contributed by atoms with Gasteiger partial charge in [-0.2, -0.15) is 0 Å². The number of rotatable bonds is 8. The Labute approximate surface area is 186 Å². The standard InChI is InChI=1S/C25H23N3O2S/c1-19-12-14-22(15-13-19)24-26-27-25(30-24)31-18-23(29)28(16-20-8-4-2-5-9-20)17-21-10-6-3-7-11-21/h2-15H,16-18H2,1H3. The van der Waals surface area contributed by atoms with Gasteiger partial charge < -0.3 is 9.32 Å². The molecule has 0 aliphatic carbocycles. The summed E-state index contributed by atoms with van der Waals surface area (Å²) in [5.41, 5.74) is 4.22. The fourth-order valence-electron chi connectivity index (χ4n) is 3.14. The summed E-state index contributed by atoms with van der Waals surface area (Å²) < 4.78 is 5.75. The van der Waals surface area contributed by atoms with Crippen LogP contribution in [0.15, 0.2) is 94.6 Å². The highest BCUT2D eigenvalue weighted by Crippen LogP contribution is 2.24. The van der Waals surface area contributed by atoms with E-state index in [0.29, 0.717) is 24.2 Å². The minimum absolute atomic E-state index is 0.0211. The van der Waals surface area contributed by atoms with Crippen LogP contribution < -0.4 is 0 Å². The molecule has 0 saturated carbocycles. The van der Waals surface area contributed by atoms with Gasteiger partial charge >= 0.3 is 0 Å². The number of aryl methyl sites for hydroxylation is 1.